The van der Waals surface area contributed by atoms with Crippen molar-refractivity contribution >= 4 is 35.1 Å². The Labute approximate surface area is 182 Å². The number of piperazine rings is 1. The number of rotatable bonds is 4. The molecule has 0 bridgehead atoms. The van der Waals surface area contributed by atoms with Gasteiger partial charge in [0.25, 0.3) is 5.91 Å². The highest BCUT2D eigenvalue weighted by molar-refractivity contribution is 6.30. The van der Waals surface area contributed by atoms with Crippen LogP contribution in [0, 0.1) is 5.92 Å². The minimum atomic E-state index is -0.795. The third-order valence-corrected chi connectivity index (χ3v) is 7.15. The van der Waals surface area contributed by atoms with Gasteiger partial charge in [0.05, 0.1) is 0 Å². The van der Waals surface area contributed by atoms with Crippen LogP contribution in [0.3, 0.4) is 0 Å². The van der Waals surface area contributed by atoms with E-state index in [1.165, 1.54) is 0 Å². The second-order valence-electron chi connectivity index (χ2n) is 8.60. The number of urea groups is 1. The fourth-order valence-corrected chi connectivity index (χ4v) is 4.96. The first-order valence-electron chi connectivity index (χ1n) is 10.8. The molecule has 3 fully saturated rings. The molecule has 0 atom stereocenters. The molecule has 1 N–H and O–H groups in total. The van der Waals surface area contributed by atoms with Gasteiger partial charge in [0.2, 0.25) is 5.91 Å². The molecule has 0 radical (unpaired) electrons. The zero-order valence-corrected chi connectivity index (χ0v) is 18.2. The lowest BCUT2D eigenvalue weighted by atomic mass is 9.75. The standard InChI is InChI=1S/C22H29ClN4O3/c1-2-16-7-9-22(10-8-16)20(29)27(21(30)24-22)15-19(28)26-13-11-25(12-14-26)18-5-3-17(23)4-6-18/h3-6,16H,2,7-15H2,1H3,(H,24,30). The van der Waals surface area contributed by atoms with Gasteiger partial charge in [-0.1, -0.05) is 24.9 Å². The van der Waals surface area contributed by atoms with E-state index in [4.69, 9.17) is 11.6 Å². The number of amides is 4. The molecule has 1 aromatic carbocycles. The molecule has 1 saturated carbocycles. The van der Waals surface area contributed by atoms with Crippen molar-refractivity contribution in [2.24, 2.45) is 5.92 Å². The van der Waals surface area contributed by atoms with Crippen molar-refractivity contribution in [1.82, 2.24) is 15.1 Å². The van der Waals surface area contributed by atoms with Crippen LogP contribution in [-0.4, -0.2) is 65.9 Å². The zero-order chi connectivity index (χ0) is 21.3. The van der Waals surface area contributed by atoms with Crippen molar-refractivity contribution in [2.75, 3.05) is 37.6 Å². The molecule has 1 aliphatic carbocycles. The average molecular weight is 433 g/mol. The van der Waals surface area contributed by atoms with Gasteiger partial charge in [0, 0.05) is 36.9 Å². The van der Waals surface area contributed by atoms with Crippen LogP contribution in [0.5, 0.6) is 0 Å². The molecule has 2 aliphatic heterocycles. The number of nitrogens with one attached hydrogen (secondary N) is 1. The molecule has 3 aliphatic rings. The first-order valence-corrected chi connectivity index (χ1v) is 11.2. The summed E-state index contributed by atoms with van der Waals surface area (Å²) < 4.78 is 0. The molecule has 1 spiro atoms. The summed E-state index contributed by atoms with van der Waals surface area (Å²) >= 11 is 5.95. The minimum absolute atomic E-state index is 0.173. The zero-order valence-electron chi connectivity index (χ0n) is 17.4. The van der Waals surface area contributed by atoms with Crippen LogP contribution in [0.25, 0.3) is 0 Å². The molecule has 4 rings (SSSR count). The summed E-state index contributed by atoms with van der Waals surface area (Å²) in [5.74, 6) is 0.219. The highest BCUT2D eigenvalue weighted by Crippen LogP contribution is 2.37. The monoisotopic (exact) mass is 432 g/mol. The van der Waals surface area contributed by atoms with E-state index in [0.717, 1.165) is 29.8 Å². The van der Waals surface area contributed by atoms with Gasteiger partial charge in [0.15, 0.2) is 0 Å². The number of anilines is 1. The molecule has 2 saturated heterocycles. The summed E-state index contributed by atoms with van der Waals surface area (Å²) in [5.41, 5.74) is 0.279. The fraction of sp³-hybridized carbons (Fsp3) is 0.591. The van der Waals surface area contributed by atoms with E-state index in [9.17, 15) is 14.4 Å². The second kappa shape index (κ2) is 8.46. The van der Waals surface area contributed by atoms with Crippen LogP contribution >= 0.6 is 11.6 Å². The summed E-state index contributed by atoms with van der Waals surface area (Å²) in [6, 6.07) is 7.23. The number of carbonyl (C=O) groups excluding carboxylic acids is 3. The van der Waals surface area contributed by atoms with Gasteiger partial charge in [-0.15, -0.1) is 0 Å². The molecule has 30 heavy (non-hydrogen) atoms. The van der Waals surface area contributed by atoms with Gasteiger partial charge in [0.1, 0.15) is 12.1 Å². The van der Waals surface area contributed by atoms with Gasteiger partial charge in [-0.3, -0.25) is 14.5 Å². The van der Waals surface area contributed by atoms with E-state index in [1.54, 1.807) is 4.90 Å². The number of hydrogen-bond donors (Lipinski definition) is 1. The molecule has 0 aromatic heterocycles. The van der Waals surface area contributed by atoms with Crippen LogP contribution < -0.4 is 10.2 Å². The highest BCUT2D eigenvalue weighted by atomic mass is 35.5. The third kappa shape index (κ3) is 4.00. The summed E-state index contributed by atoms with van der Waals surface area (Å²) in [7, 11) is 0. The van der Waals surface area contributed by atoms with E-state index >= 15 is 0 Å². The lowest BCUT2D eigenvalue weighted by Crippen LogP contribution is -2.52. The number of benzene rings is 1. The topological polar surface area (TPSA) is 73.0 Å². The predicted molar refractivity (Wildman–Crippen MR) is 115 cm³/mol. The maximum absolute atomic E-state index is 13.0. The lowest BCUT2D eigenvalue weighted by Gasteiger charge is -2.37. The third-order valence-electron chi connectivity index (χ3n) is 6.90. The van der Waals surface area contributed by atoms with Crippen molar-refractivity contribution in [3.8, 4) is 0 Å². The SMILES string of the molecule is CCC1CCC2(CC1)NC(=O)N(CC(=O)N1CCN(c3ccc(Cl)cc3)CC1)C2=O. The summed E-state index contributed by atoms with van der Waals surface area (Å²) in [6.07, 6.45) is 4.32. The van der Waals surface area contributed by atoms with Crippen LogP contribution in [0.4, 0.5) is 10.5 Å². The van der Waals surface area contributed by atoms with Crippen LogP contribution in [0.2, 0.25) is 5.02 Å². The smallest absolute Gasteiger partial charge is 0.325 e. The Morgan fingerprint density at radius 3 is 2.33 bits per heavy atom. The van der Waals surface area contributed by atoms with Crippen molar-refractivity contribution in [2.45, 2.75) is 44.6 Å². The van der Waals surface area contributed by atoms with Crippen LogP contribution in [0.1, 0.15) is 39.0 Å². The normalized spacial score (nSPS) is 27.0. The molecule has 8 heteroatoms. The Bertz CT molecular complexity index is 812. The largest absolute Gasteiger partial charge is 0.368 e. The maximum atomic E-state index is 13.0. The summed E-state index contributed by atoms with van der Waals surface area (Å²) in [5, 5.41) is 3.60. The molecule has 4 amide bonds. The van der Waals surface area contributed by atoms with Gasteiger partial charge in [-0.2, -0.15) is 0 Å². The highest BCUT2D eigenvalue weighted by Gasteiger charge is 2.52. The predicted octanol–water partition coefficient (Wildman–Crippen LogP) is 2.88. The van der Waals surface area contributed by atoms with E-state index in [1.807, 2.05) is 24.3 Å². The van der Waals surface area contributed by atoms with Crippen molar-refractivity contribution in [3.63, 3.8) is 0 Å². The minimum Gasteiger partial charge on any atom is -0.368 e. The molecule has 1 aromatic rings. The van der Waals surface area contributed by atoms with Gasteiger partial charge >= 0.3 is 6.03 Å². The summed E-state index contributed by atoms with van der Waals surface area (Å²) in [6.45, 7) is 4.52. The molecule has 7 nitrogen and oxygen atoms in total. The average Bonchev–Trinajstić information content (AvgIpc) is 2.99. The second-order valence-corrected chi connectivity index (χ2v) is 9.04. The number of hydrogen-bond acceptors (Lipinski definition) is 4. The number of nitrogens with zero attached hydrogens (tertiary/aromatic N) is 3. The molecule has 0 unspecified atom stereocenters. The van der Waals surface area contributed by atoms with Crippen molar-refractivity contribution < 1.29 is 14.4 Å². The van der Waals surface area contributed by atoms with Gasteiger partial charge in [-0.05, 0) is 55.9 Å². The van der Waals surface area contributed by atoms with E-state index in [-0.39, 0.29) is 18.4 Å². The molecular weight excluding hydrogens is 404 g/mol. The van der Waals surface area contributed by atoms with E-state index in [2.05, 4.69) is 17.1 Å². The first-order chi connectivity index (χ1) is 14.4. The first kappa shape index (κ1) is 21.0. The Kier molecular flexibility index (Phi) is 5.91. The van der Waals surface area contributed by atoms with E-state index < -0.39 is 11.6 Å². The lowest BCUT2D eigenvalue weighted by molar-refractivity contribution is -0.139. The molecule has 162 valence electrons. The Hall–Kier alpha value is -2.28. The number of halogens is 1. The van der Waals surface area contributed by atoms with Crippen molar-refractivity contribution in [3.05, 3.63) is 29.3 Å². The number of imide groups is 1. The Balaban J connectivity index is 1.32. The van der Waals surface area contributed by atoms with E-state index in [0.29, 0.717) is 50.0 Å². The van der Waals surface area contributed by atoms with Gasteiger partial charge < -0.3 is 15.1 Å². The molecular formula is C22H29ClN4O3. The van der Waals surface area contributed by atoms with Crippen LogP contribution in [0.15, 0.2) is 24.3 Å². The quantitative estimate of drug-likeness (QED) is 0.742. The Morgan fingerprint density at radius 1 is 1.10 bits per heavy atom. The Morgan fingerprint density at radius 2 is 1.73 bits per heavy atom. The maximum Gasteiger partial charge on any atom is 0.325 e. The van der Waals surface area contributed by atoms with Gasteiger partial charge in [-0.25, -0.2) is 4.79 Å². The fourth-order valence-electron chi connectivity index (χ4n) is 4.84. The van der Waals surface area contributed by atoms with Crippen LogP contribution in [-0.2, 0) is 9.59 Å². The number of carbonyl (C=O) groups is 3. The summed E-state index contributed by atoms with van der Waals surface area (Å²) in [4.78, 5) is 43.4. The van der Waals surface area contributed by atoms with Crippen molar-refractivity contribution in [1.29, 1.82) is 0 Å². The molecule has 2 heterocycles.